The molecule has 1 aromatic carbocycles. The van der Waals surface area contributed by atoms with Crippen molar-refractivity contribution in [2.75, 3.05) is 57.2 Å². The summed E-state index contributed by atoms with van der Waals surface area (Å²) in [7, 11) is 1.48. The lowest BCUT2D eigenvalue weighted by atomic mass is 10.1. The van der Waals surface area contributed by atoms with Crippen molar-refractivity contribution in [1.82, 2.24) is 19.9 Å². The number of H-pyrrole nitrogens is 1. The third-order valence-electron chi connectivity index (χ3n) is 5.54. The van der Waals surface area contributed by atoms with Crippen LogP contribution in [0.1, 0.15) is 15.9 Å². The lowest BCUT2D eigenvalue weighted by molar-refractivity contribution is -0.136. The first-order valence-electron chi connectivity index (χ1n) is 10.6. The Morgan fingerprint density at radius 2 is 1.82 bits per heavy atom. The van der Waals surface area contributed by atoms with Gasteiger partial charge in [-0.2, -0.15) is 23.1 Å². The third kappa shape index (κ3) is 3.91. The van der Waals surface area contributed by atoms with Crippen molar-refractivity contribution >= 4 is 34.4 Å². The molecule has 1 amide bonds. The zero-order chi connectivity index (χ0) is 23.9. The Hall–Kier alpha value is -3.74. The Morgan fingerprint density at radius 1 is 1.09 bits per heavy atom. The summed E-state index contributed by atoms with van der Waals surface area (Å²) in [5.41, 5.74) is -0.0799. The number of halogens is 3. The quantitative estimate of drug-likeness (QED) is 0.525. The third-order valence-corrected chi connectivity index (χ3v) is 5.54. The maximum Gasteiger partial charge on any atom is 0.418 e. The molecule has 2 aromatic heterocycles. The largest absolute Gasteiger partial charge is 0.485 e. The highest BCUT2D eigenvalue weighted by Crippen LogP contribution is 2.43. The second-order valence-electron chi connectivity index (χ2n) is 7.61. The summed E-state index contributed by atoms with van der Waals surface area (Å²) in [4.78, 5) is 25.7. The van der Waals surface area contributed by atoms with Gasteiger partial charge in [-0.3, -0.25) is 4.79 Å². The molecule has 13 heteroatoms. The number of aromatic nitrogens is 3. The van der Waals surface area contributed by atoms with Crippen molar-refractivity contribution in [2.24, 2.45) is 0 Å². The Morgan fingerprint density at radius 3 is 2.53 bits per heavy atom. The lowest BCUT2D eigenvalue weighted by Crippen LogP contribution is -2.41. The molecule has 0 unspecified atom stereocenters. The molecule has 180 valence electrons. The molecular formula is C21H21F3N6O4. The average Bonchev–Trinajstić information content (AvgIpc) is 3.29. The van der Waals surface area contributed by atoms with E-state index in [1.807, 2.05) is 0 Å². The molecule has 0 spiro atoms. The second kappa shape index (κ2) is 8.56. The van der Waals surface area contributed by atoms with Crippen LogP contribution in [0.4, 0.5) is 30.6 Å². The van der Waals surface area contributed by atoms with Gasteiger partial charge in [0.15, 0.2) is 11.5 Å². The number of nitrogens with zero attached hydrogens (tertiary/aromatic N) is 3. The summed E-state index contributed by atoms with van der Waals surface area (Å²) >= 11 is 0. The van der Waals surface area contributed by atoms with Gasteiger partial charge < -0.3 is 34.7 Å². The fraction of sp³-hybridized carbons (Fsp3) is 0.381. The number of ether oxygens (including phenoxy) is 3. The average molecular weight is 478 g/mol. The number of anilines is 3. The molecule has 2 aliphatic rings. The van der Waals surface area contributed by atoms with Gasteiger partial charge in [0.1, 0.15) is 24.7 Å². The van der Waals surface area contributed by atoms with Crippen LogP contribution < -0.4 is 20.1 Å². The number of aromatic amines is 1. The van der Waals surface area contributed by atoms with Crippen molar-refractivity contribution in [1.29, 1.82) is 0 Å². The molecule has 0 radical (unpaired) electrons. The van der Waals surface area contributed by atoms with Crippen LogP contribution >= 0.6 is 0 Å². The van der Waals surface area contributed by atoms with Crippen LogP contribution in [0.25, 0.3) is 11.0 Å². The minimum Gasteiger partial charge on any atom is -0.485 e. The molecule has 2 aliphatic heterocycles. The molecule has 34 heavy (non-hydrogen) atoms. The highest BCUT2D eigenvalue weighted by atomic mass is 19.4. The van der Waals surface area contributed by atoms with Crippen LogP contribution in [0.5, 0.6) is 11.5 Å². The molecule has 1 saturated heterocycles. The summed E-state index contributed by atoms with van der Waals surface area (Å²) in [6.07, 6.45) is -3.70. The van der Waals surface area contributed by atoms with Crippen molar-refractivity contribution in [2.45, 2.75) is 6.18 Å². The first-order valence-corrected chi connectivity index (χ1v) is 10.6. The standard InChI is InChI=1S/C21H21F3N6O4/c1-25-17-14-12(21(22,23)24)10-26-18(14)29-20(28-17)27-13-3-2-11(15-16(13)34-9-8-33-15)19(31)30-4-6-32-7-5-30/h2-3,10H,4-9H2,1H3,(H3,25,26,27,28,29). The predicted molar refractivity (Wildman–Crippen MR) is 116 cm³/mol. The molecule has 0 atom stereocenters. The molecule has 0 bridgehead atoms. The topological polar surface area (TPSA) is 114 Å². The number of carbonyl (C=O) groups excluding carboxylic acids is 1. The normalized spacial score (nSPS) is 15.9. The van der Waals surface area contributed by atoms with E-state index in [1.165, 1.54) is 7.05 Å². The van der Waals surface area contributed by atoms with Gasteiger partial charge in [-0.15, -0.1) is 0 Å². The fourth-order valence-electron chi connectivity index (χ4n) is 3.95. The first-order chi connectivity index (χ1) is 16.4. The number of nitrogens with one attached hydrogen (secondary N) is 3. The highest BCUT2D eigenvalue weighted by molar-refractivity contribution is 5.99. The van der Waals surface area contributed by atoms with E-state index in [9.17, 15) is 18.0 Å². The van der Waals surface area contributed by atoms with Gasteiger partial charge in [0.25, 0.3) is 5.91 Å². The number of hydrogen-bond acceptors (Lipinski definition) is 8. The van der Waals surface area contributed by atoms with E-state index < -0.39 is 11.7 Å². The predicted octanol–water partition coefficient (Wildman–Crippen LogP) is 3.01. The van der Waals surface area contributed by atoms with Gasteiger partial charge in [-0.1, -0.05) is 0 Å². The van der Waals surface area contributed by atoms with Gasteiger partial charge in [-0.05, 0) is 12.1 Å². The van der Waals surface area contributed by atoms with Crippen LogP contribution in [0.3, 0.4) is 0 Å². The fourth-order valence-corrected chi connectivity index (χ4v) is 3.95. The Balaban J connectivity index is 1.51. The lowest BCUT2D eigenvalue weighted by Gasteiger charge is -2.29. The first kappa shape index (κ1) is 22.1. The summed E-state index contributed by atoms with van der Waals surface area (Å²) in [6.45, 7) is 2.43. The molecule has 3 aromatic rings. The molecule has 5 rings (SSSR count). The van der Waals surface area contributed by atoms with Crippen LogP contribution in [-0.2, 0) is 10.9 Å². The molecule has 3 N–H and O–H groups in total. The van der Waals surface area contributed by atoms with E-state index in [0.29, 0.717) is 49.1 Å². The monoisotopic (exact) mass is 478 g/mol. The van der Waals surface area contributed by atoms with E-state index in [2.05, 4.69) is 25.6 Å². The van der Waals surface area contributed by atoms with Gasteiger partial charge in [-0.25, -0.2) is 0 Å². The van der Waals surface area contributed by atoms with E-state index in [4.69, 9.17) is 14.2 Å². The number of benzene rings is 1. The maximum absolute atomic E-state index is 13.4. The minimum absolute atomic E-state index is 0.00577. The highest BCUT2D eigenvalue weighted by Gasteiger charge is 2.35. The molecule has 4 heterocycles. The van der Waals surface area contributed by atoms with Crippen LogP contribution in [0, 0.1) is 0 Å². The second-order valence-corrected chi connectivity index (χ2v) is 7.61. The van der Waals surface area contributed by atoms with E-state index >= 15 is 0 Å². The van der Waals surface area contributed by atoms with E-state index in [0.717, 1.165) is 6.20 Å². The number of morpholine rings is 1. The molecule has 10 nitrogen and oxygen atoms in total. The van der Waals surface area contributed by atoms with Gasteiger partial charge >= 0.3 is 6.18 Å². The van der Waals surface area contributed by atoms with Crippen molar-refractivity contribution in [3.05, 3.63) is 29.5 Å². The minimum atomic E-state index is -4.56. The molecule has 1 fully saturated rings. The summed E-state index contributed by atoms with van der Waals surface area (Å²) in [5, 5.41) is 5.51. The smallest absolute Gasteiger partial charge is 0.418 e. The number of hydrogen-bond donors (Lipinski definition) is 3. The van der Waals surface area contributed by atoms with Crippen LogP contribution in [0.15, 0.2) is 18.3 Å². The Labute approximate surface area is 191 Å². The van der Waals surface area contributed by atoms with E-state index in [-0.39, 0.29) is 41.9 Å². The Bertz CT molecular complexity index is 1240. The molecule has 0 saturated carbocycles. The molecular weight excluding hydrogens is 457 g/mol. The van der Waals surface area contributed by atoms with Crippen molar-refractivity contribution in [3.63, 3.8) is 0 Å². The number of amides is 1. The van der Waals surface area contributed by atoms with Gasteiger partial charge in [0.05, 0.1) is 35.4 Å². The summed E-state index contributed by atoms with van der Waals surface area (Å²) in [5.74, 6) is 0.449. The molecule has 0 aliphatic carbocycles. The number of rotatable bonds is 4. The summed E-state index contributed by atoms with van der Waals surface area (Å²) in [6, 6.07) is 3.24. The zero-order valence-corrected chi connectivity index (χ0v) is 18.1. The SMILES string of the molecule is CNc1nc(Nc2ccc(C(=O)N3CCOCC3)c3c2OCCO3)nc2[nH]cc(C(F)(F)F)c12. The number of fused-ring (bicyclic) bond motifs is 2. The van der Waals surface area contributed by atoms with Gasteiger partial charge in [0, 0.05) is 26.3 Å². The van der Waals surface area contributed by atoms with Crippen molar-refractivity contribution < 1.29 is 32.2 Å². The van der Waals surface area contributed by atoms with E-state index in [1.54, 1.807) is 17.0 Å². The van der Waals surface area contributed by atoms with Crippen molar-refractivity contribution in [3.8, 4) is 11.5 Å². The zero-order valence-electron chi connectivity index (χ0n) is 18.1. The van der Waals surface area contributed by atoms with Gasteiger partial charge in [0.2, 0.25) is 5.95 Å². The maximum atomic E-state index is 13.4. The summed E-state index contributed by atoms with van der Waals surface area (Å²) < 4.78 is 56.9. The number of alkyl halides is 3. The van der Waals surface area contributed by atoms with Crippen LogP contribution in [0.2, 0.25) is 0 Å². The van der Waals surface area contributed by atoms with Crippen LogP contribution in [-0.4, -0.2) is 72.3 Å². The number of carbonyl (C=O) groups is 1. The Kier molecular flexibility index (Phi) is 5.55.